The maximum absolute atomic E-state index is 11.8. The second-order valence-corrected chi connectivity index (χ2v) is 5.23. The summed E-state index contributed by atoms with van der Waals surface area (Å²) in [7, 11) is 0. The van der Waals surface area contributed by atoms with E-state index in [1.165, 1.54) is 0 Å². The van der Waals surface area contributed by atoms with Crippen molar-refractivity contribution >= 4 is 28.1 Å². The Labute approximate surface area is 121 Å². The molecule has 0 aliphatic rings. The van der Waals surface area contributed by atoms with Crippen molar-refractivity contribution in [2.45, 2.75) is 39.3 Å². The predicted molar refractivity (Wildman–Crippen MR) is 77.5 cm³/mol. The van der Waals surface area contributed by atoms with Gasteiger partial charge in [0, 0.05) is 16.1 Å². The minimum atomic E-state index is -0.602. The number of halogens is 1. The van der Waals surface area contributed by atoms with E-state index < -0.39 is 6.10 Å². The molecule has 2 atom stereocenters. The van der Waals surface area contributed by atoms with Crippen molar-refractivity contribution in [3.8, 4) is 5.75 Å². The van der Waals surface area contributed by atoms with Crippen LogP contribution >= 0.6 is 15.9 Å². The Morgan fingerprint density at radius 3 is 2.74 bits per heavy atom. The van der Waals surface area contributed by atoms with Gasteiger partial charge in [0.15, 0.2) is 12.4 Å². The quantitative estimate of drug-likeness (QED) is 0.817. The van der Waals surface area contributed by atoms with E-state index in [-0.39, 0.29) is 11.9 Å². The Bertz CT molecular complexity index is 462. The minimum Gasteiger partial charge on any atom is -0.481 e. The smallest absolute Gasteiger partial charge is 0.260 e. The second kappa shape index (κ2) is 7.28. The monoisotopic (exact) mass is 327 g/mol. The van der Waals surface area contributed by atoms with Gasteiger partial charge in [-0.3, -0.25) is 9.59 Å². The molecular formula is C14H18BrNO3. The van der Waals surface area contributed by atoms with Gasteiger partial charge >= 0.3 is 0 Å². The molecule has 0 radical (unpaired) electrons. The van der Waals surface area contributed by atoms with Gasteiger partial charge in [-0.15, -0.1) is 0 Å². The molecule has 4 nitrogen and oxygen atoms in total. The topological polar surface area (TPSA) is 55.4 Å². The van der Waals surface area contributed by atoms with Gasteiger partial charge in [0.1, 0.15) is 5.75 Å². The number of hydrogen-bond donors (Lipinski definition) is 1. The van der Waals surface area contributed by atoms with Crippen molar-refractivity contribution in [1.82, 2.24) is 5.32 Å². The van der Waals surface area contributed by atoms with Crippen LogP contribution in [-0.2, 0) is 4.79 Å². The number of carbonyl (C=O) groups is 2. The number of benzene rings is 1. The highest BCUT2D eigenvalue weighted by Crippen LogP contribution is 2.22. The largest absolute Gasteiger partial charge is 0.481 e. The third kappa shape index (κ3) is 4.67. The first-order valence-electron chi connectivity index (χ1n) is 6.19. The van der Waals surface area contributed by atoms with Gasteiger partial charge in [0.2, 0.25) is 0 Å². The van der Waals surface area contributed by atoms with E-state index in [4.69, 9.17) is 4.74 Å². The molecule has 1 rings (SSSR count). The zero-order valence-electron chi connectivity index (χ0n) is 11.3. The number of hydrogen-bond acceptors (Lipinski definition) is 3. The first-order valence-corrected chi connectivity index (χ1v) is 6.99. The molecule has 1 N–H and O–H groups in total. The van der Waals surface area contributed by atoms with Crippen LogP contribution < -0.4 is 10.1 Å². The summed E-state index contributed by atoms with van der Waals surface area (Å²) < 4.78 is 6.23. The summed E-state index contributed by atoms with van der Waals surface area (Å²) >= 11 is 3.26. The summed E-state index contributed by atoms with van der Waals surface area (Å²) in [5.41, 5.74) is 0.493. The third-order valence-corrected chi connectivity index (χ3v) is 3.50. The van der Waals surface area contributed by atoms with Gasteiger partial charge in [-0.05, 0) is 38.5 Å². The Morgan fingerprint density at radius 2 is 2.16 bits per heavy atom. The highest BCUT2D eigenvalue weighted by atomic mass is 79.9. The fraction of sp³-hybridized carbons (Fsp3) is 0.429. The lowest BCUT2D eigenvalue weighted by molar-refractivity contribution is -0.127. The van der Waals surface area contributed by atoms with Crippen LogP contribution in [0.5, 0.6) is 5.75 Å². The molecule has 1 aromatic carbocycles. The number of aldehydes is 1. The Kier molecular flexibility index (Phi) is 6.02. The van der Waals surface area contributed by atoms with Crippen LogP contribution in [0.2, 0.25) is 0 Å². The maximum atomic E-state index is 11.8. The third-order valence-electron chi connectivity index (χ3n) is 2.78. The van der Waals surface area contributed by atoms with E-state index in [2.05, 4.69) is 21.2 Å². The van der Waals surface area contributed by atoms with E-state index in [9.17, 15) is 9.59 Å². The molecule has 0 spiro atoms. The van der Waals surface area contributed by atoms with E-state index in [1.807, 2.05) is 13.8 Å². The first kappa shape index (κ1) is 15.7. The first-order chi connectivity index (χ1) is 8.97. The molecular weight excluding hydrogens is 310 g/mol. The Balaban J connectivity index is 2.68. The summed E-state index contributed by atoms with van der Waals surface area (Å²) in [5, 5.41) is 2.85. The molecule has 0 aliphatic carbocycles. The van der Waals surface area contributed by atoms with Crippen LogP contribution in [0, 0.1) is 0 Å². The van der Waals surface area contributed by atoms with Crippen LogP contribution in [0.3, 0.4) is 0 Å². The molecule has 1 aromatic rings. The molecule has 19 heavy (non-hydrogen) atoms. The molecule has 0 heterocycles. The Morgan fingerprint density at radius 1 is 1.47 bits per heavy atom. The van der Waals surface area contributed by atoms with Gasteiger partial charge in [-0.25, -0.2) is 0 Å². The highest BCUT2D eigenvalue weighted by molar-refractivity contribution is 9.10. The highest BCUT2D eigenvalue weighted by Gasteiger charge is 2.16. The zero-order chi connectivity index (χ0) is 14.4. The van der Waals surface area contributed by atoms with Gasteiger partial charge in [-0.2, -0.15) is 0 Å². The van der Waals surface area contributed by atoms with E-state index in [0.29, 0.717) is 15.8 Å². The summed E-state index contributed by atoms with van der Waals surface area (Å²) in [4.78, 5) is 22.6. The van der Waals surface area contributed by atoms with Crippen LogP contribution in [-0.4, -0.2) is 24.3 Å². The lowest BCUT2D eigenvalue weighted by atomic mass is 10.2. The van der Waals surface area contributed by atoms with Crippen LogP contribution in [0.15, 0.2) is 22.7 Å². The lowest BCUT2D eigenvalue weighted by Crippen LogP contribution is -2.40. The van der Waals surface area contributed by atoms with Gasteiger partial charge in [-0.1, -0.05) is 22.9 Å². The average molecular weight is 328 g/mol. The lowest BCUT2D eigenvalue weighted by Gasteiger charge is -2.18. The number of nitrogens with one attached hydrogen (secondary N) is 1. The van der Waals surface area contributed by atoms with E-state index >= 15 is 0 Å². The molecule has 0 saturated heterocycles. The zero-order valence-corrected chi connectivity index (χ0v) is 12.9. The number of rotatable bonds is 6. The van der Waals surface area contributed by atoms with Crippen molar-refractivity contribution in [2.75, 3.05) is 0 Å². The summed E-state index contributed by atoms with van der Waals surface area (Å²) in [5.74, 6) is 0.335. The average Bonchev–Trinajstić information content (AvgIpc) is 2.40. The molecule has 0 bridgehead atoms. The number of carbonyl (C=O) groups excluding carboxylic acids is 2. The van der Waals surface area contributed by atoms with Crippen molar-refractivity contribution in [1.29, 1.82) is 0 Å². The van der Waals surface area contributed by atoms with E-state index in [0.717, 1.165) is 12.7 Å². The van der Waals surface area contributed by atoms with Crippen LogP contribution in [0.1, 0.15) is 37.6 Å². The summed E-state index contributed by atoms with van der Waals surface area (Å²) in [6.07, 6.45) is 1.00. The van der Waals surface area contributed by atoms with Crippen LogP contribution in [0.4, 0.5) is 0 Å². The van der Waals surface area contributed by atoms with Crippen LogP contribution in [0.25, 0.3) is 0 Å². The Hall–Kier alpha value is -1.36. The normalized spacial score (nSPS) is 13.5. The van der Waals surface area contributed by atoms with Crippen molar-refractivity contribution < 1.29 is 14.3 Å². The minimum absolute atomic E-state index is 0.119. The maximum Gasteiger partial charge on any atom is 0.260 e. The second-order valence-electron chi connectivity index (χ2n) is 4.38. The predicted octanol–water partition coefficient (Wildman–Crippen LogP) is 2.94. The summed E-state index contributed by atoms with van der Waals surface area (Å²) in [6, 6.07) is 5.15. The molecule has 0 saturated carbocycles. The fourth-order valence-corrected chi connectivity index (χ4v) is 1.75. The molecule has 0 aromatic heterocycles. The molecule has 0 fully saturated rings. The molecule has 0 aliphatic heterocycles. The van der Waals surface area contributed by atoms with Gasteiger partial charge < -0.3 is 10.1 Å². The fourth-order valence-electron chi connectivity index (χ4n) is 1.41. The number of ether oxygens (including phenoxy) is 1. The molecule has 5 heteroatoms. The van der Waals surface area contributed by atoms with Gasteiger partial charge in [0.05, 0.1) is 0 Å². The van der Waals surface area contributed by atoms with Crippen molar-refractivity contribution in [3.63, 3.8) is 0 Å². The summed E-state index contributed by atoms with van der Waals surface area (Å²) in [6.45, 7) is 5.62. The van der Waals surface area contributed by atoms with Crippen molar-refractivity contribution in [2.24, 2.45) is 0 Å². The standard InChI is InChI=1S/C14H18BrNO3/c1-4-9(2)16-14(18)10(3)19-12-5-6-13(15)11(7-12)8-17/h5-10H,4H2,1-3H3,(H,16,18). The van der Waals surface area contributed by atoms with Crippen molar-refractivity contribution in [3.05, 3.63) is 28.2 Å². The molecule has 104 valence electrons. The van der Waals surface area contributed by atoms with Gasteiger partial charge in [0.25, 0.3) is 5.91 Å². The number of amides is 1. The molecule has 2 unspecified atom stereocenters. The molecule has 1 amide bonds. The van der Waals surface area contributed by atoms with E-state index in [1.54, 1.807) is 25.1 Å². The SMILES string of the molecule is CCC(C)NC(=O)C(C)Oc1ccc(Br)c(C=O)c1.